The quantitative estimate of drug-likeness (QED) is 0.821. The summed E-state index contributed by atoms with van der Waals surface area (Å²) in [6.07, 6.45) is 5.15. The third-order valence-corrected chi connectivity index (χ3v) is 4.78. The van der Waals surface area contributed by atoms with Crippen molar-refractivity contribution in [3.63, 3.8) is 0 Å². The Morgan fingerprint density at radius 2 is 1.71 bits per heavy atom. The fourth-order valence-electron chi connectivity index (χ4n) is 3.26. The largest absolute Gasteiger partial charge is 0.389 e. The van der Waals surface area contributed by atoms with Gasteiger partial charge >= 0.3 is 0 Å². The summed E-state index contributed by atoms with van der Waals surface area (Å²) in [5.41, 5.74) is 8.00. The lowest BCUT2D eigenvalue weighted by Gasteiger charge is -2.28. The highest BCUT2D eigenvalue weighted by molar-refractivity contribution is 7.80. The molecule has 0 amide bonds. The van der Waals surface area contributed by atoms with Crippen molar-refractivity contribution in [3.05, 3.63) is 42.0 Å². The van der Waals surface area contributed by atoms with Crippen molar-refractivity contribution in [3.8, 4) is 0 Å². The molecule has 2 nitrogen and oxygen atoms in total. The van der Waals surface area contributed by atoms with Crippen LogP contribution in [0, 0.1) is 5.92 Å². The molecule has 1 saturated carbocycles. The lowest BCUT2D eigenvalue weighted by molar-refractivity contribution is 0.361. The van der Waals surface area contributed by atoms with Crippen LogP contribution in [0.15, 0.2) is 36.4 Å². The van der Waals surface area contributed by atoms with Crippen molar-refractivity contribution < 1.29 is 0 Å². The van der Waals surface area contributed by atoms with Gasteiger partial charge in [-0.25, -0.2) is 0 Å². The first-order valence-corrected chi connectivity index (χ1v) is 8.14. The SMILES string of the molecule is CC1CCC(Nc2ccc(C(N)=S)c3ccccc23)CC1. The van der Waals surface area contributed by atoms with E-state index in [1.165, 1.54) is 36.8 Å². The standard InChI is InChI=1S/C18H22N2S/c1-12-6-8-13(9-7-12)20-17-11-10-16(18(19)21)14-4-2-3-5-15(14)17/h2-5,10-13,20H,6-9H2,1H3,(H2,19,21). The highest BCUT2D eigenvalue weighted by Gasteiger charge is 2.18. The Hall–Kier alpha value is -1.61. The molecule has 21 heavy (non-hydrogen) atoms. The van der Waals surface area contributed by atoms with Crippen LogP contribution in [0.1, 0.15) is 38.2 Å². The second kappa shape index (κ2) is 6.02. The summed E-state index contributed by atoms with van der Waals surface area (Å²) in [5.74, 6) is 0.872. The van der Waals surface area contributed by atoms with Crippen LogP contribution in [0.2, 0.25) is 0 Å². The molecule has 0 atom stereocenters. The zero-order chi connectivity index (χ0) is 14.8. The number of nitrogens with two attached hydrogens (primary N) is 1. The first-order chi connectivity index (χ1) is 10.1. The minimum Gasteiger partial charge on any atom is -0.389 e. The van der Waals surface area contributed by atoms with Gasteiger partial charge in [0.05, 0.1) is 0 Å². The number of hydrogen-bond acceptors (Lipinski definition) is 2. The zero-order valence-electron chi connectivity index (χ0n) is 12.4. The molecule has 0 spiro atoms. The van der Waals surface area contributed by atoms with Crippen molar-refractivity contribution in [1.29, 1.82) is 0 Å². The third kappa shape index (κ3) is 3.03. The fourth-order valence-corrected chi connectivity index (χ4v) is 3.44. The Morgan fingerprint density at radius 1 is 1.05 bits per heavy atom. The van der Waals surface area contributed by atoms with Crippen LogP contribution in [0.3, 0.4) is 0 Å². The van der Waals surface area contributed by atoms with Gasteiger partial charge in [-0.15, -0.1) is 0 Å². The smallest absolute Gasteiger partial charge is 0.104 e. The second-order valence-corrected chi connectivity index (χ2v) is 6.61. The van der Waals surface area contributed by atoms with E-state index in [-0.39, 0.29) is 0 Å². The maximum absolute atomic E-state index is 5.84. The number of anilines is 1. The lowest BCUT2D eigenvalue weighted by atomic mass is 9.87. The lowest BCUT2D eigenvalue weighted by Crippen LogP contribution is -2.25. The van der Waals surface area contributed by atoms with E-state index in [4.69, 9.17) is 18.0 Å². The summed E-state index contributed by atoms with van der Waals surface area (Å²) in [4.78, 5) is 0.462. The Labute approximate surface area is 131 Å². The van der Waals surface area contributed by atoms with Crippen molar-refractivity contribution in [2.75, 3.05) is 5.32 Å². The van der Waals surface area contributed by atoms with Gasteiger partial charge in [0.25, 0.3) is 0 Å². The monoisotopic (exact) mass is 298 g/mol. The molecule has 3 N–H and O–H groups in total. The maximum atomic E-state index is 5.84. The number of rotatable bonds is 3. The van der Waals surface area contributed by atoms with Gasteiger partial charge < -0.3 is 11.1 Å². The van der Waals surface area contributed by atoms with Gasteiger partial charge in [-0.1, -0.05) is 43.4 Å². The first-order valence-electron chi connectivity index (χ1n) is 7.73. The molecule has 1 aliphatic carbocycles. The van der Waals surface area contributed by atoms with Crippen molar-refractivity contribution in [2.24, 2.45) is 11.7 Å². The van der Waals surface area contributed by atoms with E-state index in [0.29, 0.717) is 11.0 Å². The predicted octanol–water partition coefficient (Wildman–Crippen LogP) is 4.46. The molecule has 0 saturated heterocycles. The molecule has 0 aliphatic heterocycles. The Kier molecular flexibility index (Phi) is 4.11. The van der Waals surface area contributed by atoms with E-state index in [0.717, 1.165) is 16.9 Å². The summed E-state index contributed by atoms with van der Waals surface area (Å²) in [5, 5.41) is 6.07. The van der Waals surface area contributed by atoms with Crippen LogP contribution in [0.25, 0.3) is 10.8 Å². The zero-order valence-corrected chi connectivity index (χ0v) is 13.2. The van der Waals surface area contributed by atoms with Crippen LogP contribution in [0.5, 0.6) is 0 Å². The molecule has 3 heteroatoms. The van der Waals surface area contributed by atoms with E-state index in [1.807, 2.05) is 12.1 Å². The average molecular weight is 298 g/mol. The fraction of sp³-hybridized carbons (Fsp3) is 0.389. The van der Waals surface area contributed by atoms with Crippen LogP contribution in [0.4, 0.5) is 5.69 Å². The number of nitrogens with one attached hydrogen (secondary N) is 1. The molecule has 3 rings (SSSR count). The molecule has 0 unspecified atom stereocenters. The minimum absolute atomic E-state index is 0.462. The molecule has 2 aromatic carbocycles. The van der Waals surface area contributed by atoms with E-state index < -0.39 is 0 Å². The minimum atomic E-state index is 0.462. The van der Waals surface area contributed by atoms with Crippen molar-refractivity contribution in [1.82, 2.24) is 0 Å². The van der Waals surface area contributed by atoms with Gasteiger partial charge in [-0.05, 0) is 49.1 Å². The Morgan fingerprint density at radius 3 is 2.38 bits per heavy atom. The molecule has 110 valence electrons. The topological polar surface area (TPSA) is 38.0 Å². The van der Waals surface area contributed by atoms with E-state index in [1.54, 1.807) is 0 Å². The highest BCUT2D eigenvalue weighted by Crippen LogP contribution is 2.31. The van der Waals surface area contributed by atoms with E-state index >= 15 is 0 Å². The summed E-state index contributed by atoms with van der Waals surface area (Å²) in [6.45, 7) is 2.35. The highest BCUT2D eigenvalue weighted by atomic mass is 32.1. The van der Waals surface area contributed by atoms with Crippen molar-refractivity contribution in [2.45, 2.75) is 38.6 Å². The molecule has 2 aromatic rings. The van der Waals surface area contributed by atoms with Gasteiger partial charge in [0.2, 0.25) is 0 Å². The summed E-state index contributed by atoms with van der Waals surface area (Å²) in [7, 11) is 0. The molecule has 0 aromatic heterocycles. The van der Waals surface area contributed by atoms with E-state index in [9.17, 15) is 0 Å². The van der Waals surface area contributed by atoms with Gasteiger partial charge in [0, 0.05) is 22.7 Å². The van der Waals surface area contributed by atoms with Gasteiger partial charge in [-0.2, -0.15) is 0 Å². The third-order valence-electron chi connectivity index (χ3n) is 4.57. The van der Waals surface area contributed by atoms with Crippen LogP contribution < -0.4 is 11.1 Å². The van der Waals surface area contributed by atoms with Crippen LogP contribution >= 0.6 is 12.2 Å². The summed E-state index contributed by atoms with van der Waals surface area (Å²) in [6, 6.07) is 13.1. The first kappa shape index (κ1) is 14.3. The van der Waals surface area contributed by atoms with E-state index in [2.05, 4.69) is 36.5 Å². The van der Waals surface area contributed by atoms with Crippen molar-refractivity contribution >= 4 is 33.7 Å². The molecule has 0 bridgehead atoms. The molecular formula is C18H22N2S. The summed E-state index contributed by atoms with van der Waals surface area (Å²) >= 11 is 5.16. The maximum Gasteiger partial charge on any atom is 0.104 e. The molecule has 1 fully saturated rings. The summed E-state index contributed by atoms with van der Waals surface area (Å²) < 4.78 is 0. The van der Waals surface area contributed by atoms with Crippen LogP contribution in [-0.4, -0.2) is 11.0 Å². The molecule has 0 radical (unpaired) electrons. The van der Waals surface area contributed by atoms with Gasteiger partial charge in [0.1, 0.15) is 4.99 Å². The number of benzene rings is 2. The molecular weight excluding hydrogens is 276 g/mol. The second-order valence-electron chi connectivity index (χ2n) is 6.17. The molecule has 1 aliphatic rings. The van der Waals surface area contributed by atoms with Gasteiger partial charge in [0.15, 0.2) is 0 Å². The number of fused-ring (bicyclic) bond motifs is 1. The average Bonchev–Trinajstić information content (AvgIpc) is 2.49. The Balaban J connectivity index is 1.93. The van der Waals surface area contributed by atoms with Crippen LogP contribution in [-0.2, 0) is 0 Å². The predicted molar refractivity (Wildman–Crippen MR) is 94.9 cm³/mol. The normalized spacial score (nSPS) is 22.1. The van der Waals surface area contributed by atoms with Gasteiger partial charge in [-0.3, -0.25) is 0 Å². The number of thiocarbonyl (C=S) groups is 1. The molecule has 0 heterocycles. The Bertz CT molecular complexity index is 657. The number of hydrogen-bond donors (Lipinski definition) is 2.